The van der Waals surface area contributed by atoms with Crippen molar-refractivity contribution >= 4 is 0 Å². The molecule has 2 spiro atoms. The Balaban J connectivity index is 1.33. The van der Waals surface area contributed by atoms with E-state index in [0.29, 0.717) is 12.0 Å². The van der Waals surface area contributed by atoms with E-state index >= 15 is 0 Å². The summed E-state index contributed by atoms with van der Waals surface area (Å²) in [6.07, 6.45) is 5.04. The first-order valence-electron chi connectivity index (χ1n) is 9.60. The molecule has 25 heavy (non-hydrogen) atoms. The highest BCUT2D eigenvalue weighted by Gasteiger charge is 2.55. The van der Waals surface area contributed by atoms with Crippen molar-refractivity contribution in [2.24, 2.45) is 0 Å². The van der Waals surface area contributed by atoms with Gasteiger partial charge in [-0.2, -0.15) is 0 Å². The van der Waals surface area contributed by atoms with E-state index in [2.05, 4.69) is 16.7 Å². The summed E-state index contributed by atoms with van der Waals surface area (Å²) in [6, 6.07) is 3.72. The number of likely N-dealkylation sites (N-methyl/N-ethyl adjacent to an activating group) is 1. The largest absolute Gasteiger partial charge is 0.366 e. The maximum atomic E-state index is 13.8. The van der Waals surface area contributed by atoms with Crippen LogP contribution in [0.2, 0.25) is 0 Å². The Labute approximate surface area is 148 Å². The van der Waals surface area contributed by atoms with Crippen LogP contribution < -0.4 is 0 Å². The first-order chi connectivity index (χ1) is 12.0. The van der Waals surface area contributed by atoms with E-state index in [1.807, 2.05) is 0 Å². The second kappa shape index (κ2) is 6.60. The van der Waals surface area contributed by atoms with Gasteiger partial charge < -0.3 is 9.64 Å². The third-order valence-corrected chi connectivity index (χ3v) is 6.18. The molecule has 0 bridgehead atoms. The van der Waals surface area contributed by atoms with Crippen LogP contribution in [0, 0.1) is 11.6 Å². The van der Waals surface area contributed by atoms with Gasteiger partial charge >= 0.3 is 0 Å². The van der Waals surface area contributed by atoms with Crippen molar-refractivity contribution in [3.8, 4) is 0 Å². The fourth-order valence-electron chi connectivity index (χ4n) is 4.48. The van der Waals surface area contributed by atoms with E-state index in [4.69, 9.17) is 4.74 Å². The first kappa shape index (κ1) is 17.4. The molecule has 4 rings (SSSR count). The molecule has 0 unspecified atom stereocenters. The molecule has 1 aliphatic carbocycles. The lowest BCUT2D eigenvalue weighted by molar-refractivity contribution is -0.187. The Morgan fingerprint density at radius 2 is 1.68 bits per heavy atom. The summed E-state index contributed by atoms with van der Waals surface area (Å²) in [5.74, 6) is -0.668. The van der Waals surface area contributed by atoms with Crippen LogP contribution in [-0.4, -0.2) is 60.3 Å². The van der Waals surface area contributed by atoms with E-state index in [-0.39, 0.29) is 22.8 Å². The lowest BCUT2D eigenvalue weighted by Gasteiger charge is -2.50. The molecule has 1 aromatic carbocycles. The van der Waals surface area contributed by atoms with Crippen molar-refractivity contribution in [3.05, 3.63) is 35.4 Å². The molecule has 2 heterocycles. The van der Waals surface area contributed by atoms with Gasteiger partial charge in [0.25, 0.3) is 0 Å². The Morgan fingerprint density at radius 1 is 1.00 bits per heavy atom. The molecule has 1 aromatic rings. The topological polar surface area (TPSA) is 15.7 Å². The number of piperidine rings is 1. The van der Waals surface area contributed by atoms with Gasteiger partial charge in [0.1, 0.15) is 11.6 Å². The predicted octanol–water partition coefficient (Wildman–Crippen LogP) is 3.23. The maximum Gasteiger partial charge on any atom is 0.126 e. The average molecular weight is 350 g/mol. The van der Waals surface area contributed by atoms with Crippen LogP contribution in [0.3, 0.4) is 0 Å². The molecular formula is C20H28F2N2O. The molecule has 0 aromatic heterocycles. The first-order valence-corrected chi connectivity index (χ1v) is 9.60. The summed E-state index contributed by atoms with van der Waals surface area (Å²) in [7, 11) is 0. The summed E-state index contributed by atoms with van der Waals surface area (Å²) in [6.45, 7) is 8.19. The Hall–Kier alpha value is -1.04. The summed E-state index contributed by atoms with van der Waals surface area (Å²) < 4.78 is 33.7. The molecule has 3 nitrogen and oxygen atoms in total. The standard InChI is InChI=1S/C20H28F2N2O/c1-2-23-14-19(6-7-19)25-20(15-23)8-11-24(12-9-20)10-5-16-13-17(21)3-4-18(16)22/h3-4,13H,2,5-12,14-15H2,1H3. The smallest absolute Gasteiger partial charge is 0.126 e. The summed E-state index contributed by atoms with van der Waals surface area (Å²) in [4.78, 5) is 4.91. The molecule has 138 valence electrons. The van der Waals surface area contributed by atoms with Gasteiger partial charge in [-0.3, -0.25) is 4.90 Å². The summed E-state index contributed by atoms with van der Waals surface area (Å²) in [5.41, 5.74) is 0.621. The number of benzene rings is 1. The van der Waals surface area contributed by atoms with Crippen LogP contribution in [0.15, 0.2) is 18.2 Å². The highest BCUT2D eigenvalue weighted by molar-refractivity contribution is 5.19. The van der Waals surface area contributed by atoms with Gasteiger partial charge in [0.15, 0.2) is 0 Å². The van der Waals surface area contributed by atoms with E-state index in [9.17, 15) is 8.78 Å². The SMILES string of the molecule is CCN1CC2(CCN(CCc3cc(F)ccc3F)CC2)OC2(CC2)C1. The number of ether oxygens (including phenoxy) is 1. The molecule has 5 heteroatoms. The lowest BCUT2D eigenvalue weighted by atomic mass is 9.88. The maximum absolute atomic E-state index is 13.8. The molecule has 1 saturated carbocycles. The van der Waals surface area contributed by atoms with Crippen LogP contribution in [0.4, 0.5) is 8.78 Å². The molecule has 0 N–H and O–H groups in total. The Morgan fingerprint density at radius 3 is 2.32 bits per heavy atom. The molecule has 2 aliphatic heterocycles. The zero-order valence-electron chi connectivity index (χ0n) is 15.1. The normalized spacial score (nSPS) is 25.6. The van der Waals surface area contributed by atoms with Gasteiger partial charge in [0.05, 0.1) is 11.2 Å². The number of likely N-dealkylation sites (tertiary alicyclic amines) is 1. The molecule has 0 amide bonds. The molecule has 2 saturated heterocycles. The van der Waals surface area contributed by atoms with Gasteiger partial charge in [-0.05, 0) is 62.4 Å². The zero-order chi connectivity index (χ0) is 17.5. The molecule has 0 atom stereocenters. The van der Waals surface area contributed by atoms with Gasteiger partial charge in [0, 0.05) is 32.7 Å². The van der Waals surface area contributed by atoms with Gasteiger partial charge in [0.2, 0.25) is 0 Å². The fraction of sp³-hybridized carbons (Fsp3) is 0.700. The minimum Gasteiger partial charge on any atom is -0.366 e. The summed E-state index contributed by atoms with van der Waals surface area (Å²) >= 11 is 0. The second-order valence-corrected chi connectivity index (χ2v) is 8.10. The van der Waals surface area contributed by atoms with Crippen molar-refractivity contribution in [3.63, 3.8) is 0 Å². The highest BCUT2D eigenvalue weighted by Crippen LogP contribution is 2.48. The fourth-order valence-corrected chi connectivity index (χ4v) is 4.48. The number of hydrogen-bond acceptors (Lipinski definition) is 3. The van der Waals surface area contributed by atoms with Crippen molar-refractivity contribution in [2.45, 2.75) is 50.2 Å². The van der Waals surface area contributed by atoms with Gasteiger partial charge in [-0.25, -0.2) is 8.78 Å². The number of hydrogen-bond donors (Lipinski definition) is 0. The van der Waals surface area contributed by atoms with E-state index in [1.54, 1.807) is 0 Å². The Kier molecular flexibility index (Phi) is 4.59. The van der Waals surface area contributed by atoms with E-state index in [1.165, 1.54) is 31.0 Å². The predicted molar refractivity (Wildman–Crippen MR) is 93.6 cm³/mol. The zero-order valence-corrected chi connectivity index (χ0v) is 15.1. The number of nitrogens with zero attached hydrogens (tertiary/aromatic N) is 2. The van der Waals surface area contributed by atoms with E-state index in [0.717, 1.165) is 52.1 Å². The average Bonchev–Trinajstić information content (AvgIpc) is 3.34. The third kappa shape index (κ3) is 3.74. The van der Waals surface area contributed by atoms with Crippen LogP contribution in [-0.2, 0) is 11.2 Å². The number of halogens is 2. The van der Waals surface area contributed by atoms with Gasteiger partial charge in [-0.15, -0.1) is 0 Å². The summed E-state index contributed by atoms with van der Waals surface area (Å²) in [5, 5.41) is 0. The van der Waals surface area contributed by atoms with Crippen LogP contribution in [0.1, 0.15) is 38.2 Å². The van der Waals surface area contributed by atoms with Crippen LogP contribution in [0.5, 0.6) is 0 Å². The molecule has 3 fully saturated rings. The quantitative estimate of drug-likeness (QED) is 0.829. The lowest BCUT2D eigenvalue weighted by Crippen LogP contribution is -2.60. The highest BCUT2D eigenvalue weighted by atomic mass is 19.1. The number of morpholine rings is 1. The molecule has 0 radical (unpaired) electrons. The minimum absolute atomic E-state index is 0.00532. The third-order valence-electron chi connectivity index (χ3n) is 6.18. The van der Waals surface area contributed by atoms with Crippen molar-refractivity contribution < 1.29 is 13.5 Å². The number of rotatable bonds is 4. The van der Waals surface area contributed by atoms with Crippen molar-refractivity contribution in [1.29, 1.82) is 0 Å². The van der Waals surface area contributed by atoms with Crippen LogP contribution in [0.25, 0.3) is 0 Å². The molecular weight excluding hydrogens is 322 g/mol. The van der Waals surface area contributed by atoms with Gasteiger partial charge in [-0.1, -0.05) is 6.92 Å². The Bertz CT molecular complexity index is 624. The van der Waals surface area contributed by atoms with Crippen LogP contribution >= 0.6 is 0 Å². The minimum atomic E-state index is -0.362. The monoisotopic (exact) mass is 350 g/mol. The molecule has 3 aliphatic rings. The van der Waals surface area contributed by atoms with Crippen molar-refractivity contribution in [1.82, 2.24) is 9.80 Å². The van der Waals surface area contributed by atoms with Crippen molar-refractivity contribution in [2.75, 3.05) is 39.3 Å². The van der Waals surface area contributed by atoms with E-state index < -0.39 is 0 Å². The second-order valence-electron chi connectivity index (χ2n) is 8.10.